The maximum Gasteiger partial charge on any atom is 0.365 e. The molecule has 1 aliphatic heterocycles. The average Bonchev–Trinajstić information content (AvgIpc) is 3.22. The zero-order valence-electron chi connectivity index (χ0n) is 21.0. The molecule has 1 aromatic heterocycles. The Balaban J connectivity index is 2.16. The Morgan fingerprint density at radius 2 is 1.92 bits per heavy atom. The van der Waals surface area contributed by atoms with Gasteiger partial charge in [-0.1, -0.05) is 5.16 Å². The number of β-lactam (4-membered cyclic amide) rings is 1. The largest absolute Gasteiger partial charge is 0.478 e. The van der Waals surface area contributed by atoms with Crippen LogP contribution in [0.3, 0.4) is 0 Å². The molecule has 206 valence electrons. The van der Waals surface area contributed by atoms with Gasteiger partial charge in [0.2, 0.25) is 5.60 Å². The number of nitrogens with one attached hydrogen (secondary N) is 1. The van der Waals surface area contributed by atoms with E-state index in [2.05, 4.69) is 15.5 Å². The number of carbonyl (C=O) groups excluding carboxylic acids is 3. The van der Waals surface area contributed by atoms with Gasteiger partial charge in [0.05, 0.1) is 24.7 Å². The van der Waals surface area contributed by atoms with Gasteiger partial charge in [0.1, 0.15) is 11.7 Å². The first-order valence-electron chi connectivity index (χ1n) is 10.9. The van der Waals surface area contributed by atoms with Gasteiger partial charge in [-0.2, -0.15) is 8.42 Å². The first-order chi connectivity index (χ1) is 16.9. The molecule has 2 heterocycles. The van der Waals surface area contributed by atoms with Crippen LogP contribution in [-0.4, -0.2) is 83.2 Å². The lowest BCUT2D eigenvalue weighted by atomic mass is 9.95. The number of carboxylic acid groups (broad SMARTS) is 1. The molecule has 1 aliphatic rings. The maximum absolute atomic E-state index is 12.9. The number of carbonyl (C=O) groups is 4. The van der Waals surface area contributed by atoms with E-state index in [1.807, 2.05) is 0 Å². The molecule has 2 atom stereocenters. The molecule has 1 saturated heterocycles. The number of anilines is 1. The van der Waals surface area contributed by atoms with Crippen LogP contribution in [0.5, 0.6) is 0 Å². The Hall–Kier alpha value is -3.31. The number of nitrogens with zero attached hydrogens (tertiary/aromatic N) is 3. The smallest absolute Gasteiger partial charge is 0.365 e. The van der Waals surface area contributed by atoms with Crippen LogP contribution < -0.4 is 11.1 Å². The fraction of sp³-hybridized carbons (Fsp3) is 0.600. The zero-order chi connectivity index (χ0) is 28.3. The van der Waals surface area contributed by atoms with E-state index in [1.165, 1.54) is 40.0 Å². The molecule has 37 heavy (non-hydrogen) atoms. The molecule has 1 aromatic rings. The van der Waals surface area contributed by atoms with Gasteiger partial charge in [-0.15, -0.1) is 11.3 Å². The second kappa shape index (κ2) is 11.0. The first-order valence-corrected chi connectivity index (χ1v) is 13.1. The van der Waals surface area contributed by atoms with Crippen LogP contribution in [0, 0.1) is 5.41 Å². The molecule has 0 radical (unpaired) electrons. The summed E-state index contributed by atoms with van der Waals surface area (Å²) in [6.07, 6.45) is 0. The minimum Gasteiger partial charge on any atom is -0.478 e. The summed E-state index contributed by atoms with van der Waals surface area (Å²) in [4.78, 5) is 57.8. The van der Waals surface area contributed by atoms with Crippen LogP contribution >= 0.6 is 11.3 Å². The molecular weight excluding hydrogens is 534 g/mol. The predicted octanol–water partition coefficient (Wildman–Crippen LogP) is -0.125. The van der Waals surface area contributed by atoms with E-state index in [-0.39, 0.29) is 17.4 Å². The summed E-state index contributed by atoms with van der Waals surface area (Å²) in [6.45, 7) is 7.70. The molecule has 1 fully saturated rings. The van der Waals surface area contributed by atoms with Crippen LogP contribution in [-0.2, 0) is 43.2 Å². The van der Waals surface area contributed by atoms with Crippen molar-refractivity contribution in [2.24, 2.45) is 10.6 Å². The molecule has 0 unspecified atom stereocenters. The molecule has 0 aromatic carbocycles. The summed E-state index contributed by atoms with van der Waals surface area (Å²) in [6, 6.07) is -2.36. The molecule has 0 bridgehead atoms. The van der Waals surface area contributed by atoms with Crippen molar-refractivity contribution < 1.29 is 46.5 Å². The highest BCUT2D eigenvalue weighted by Gasteiger charge is 2.53. The number of nitrogen functional groups attached to an aromatic ring is 1. The number of rotatable bonds is 12. The number of nitrogens with two attached hydrogens (primary N) is 1. The van der Waals surface area contributed by atoms with E-state index in [0.717, 1.165) is 11.3 Å². The van der Waals surface area contributed by atoms with Crippen LogP contribution in [0.25, 0.3) is 0 Å². The number of carboxylic acids is 1. The minimum atomic E-state index is -4.60. The highest BCUT2D eigenvalue weighted by Crippen LogP contribution is 2.27. The molecule has 2 amide bonds. The molecule has 0 aliphatic carbocycles. The number of thiazole rings is 1. The highest BCUT2D eigenvalue weighted by molar-refractivity contribution is 7.85. The summed E-state index contributed by atoms with van der Waals surface area (Å²) in [5.74, 6) is -4.03. The van der Waals surface area contributed by atoms with Crippen LogP contribution in [0.1, 0.15) is 47.2 Å². The lowest BCUT2D eigenvalue weighted by Crippen LogP contribution is -2.71. The lowest BCUT2D eigenvalue weighted by molar-refractivity contribution is -0.161. The van der Waals surface area contributed by atoms with Crippen molar-refractivity contribution in [3.63, 3.8) is 0 Å². The molecule has 15 nitrogen and oxygen atoms in total. The van der Waals surface area contributed by atoms with Gasteiger partial charge >= 0.3 is 22.2 Å². The van der Waals surface area contributed by atoms with Gasteiger partial charge < -0.3 is 25.7 Å². The van der Waals surface area contributed by atoms with Gasteiger partial charge in [0.25, 0.3) is 11.8 Å². The fourth-order valence-corrected chi connectivity index (χ4v) is 4.73. The number of hydrogen-bond acceptors (Lipinski definition) is 13. The first kappa shape index (κ1) is 29.9. The summed E-state index contributed by atoms with van der Waals surface area (Å²) in [5, 5.41) is 16.6. The van der Waals surface area contributed by atoms with E-state index >= 15 is 0 Å². The number of esters is 1. The van der Waals surface area contributed by atoms with Crippen molar-refractivity contribution in [1.29, 1.82) is 0 Å². The standard InChI is InChI=1S/C20H29N5O10S2/c1-7-33-17(30)19(3,4)9-34-37(31,32)25-10(2)12(15(25)27)23-14(26)13(11-8-36-18(21)22-11)24-35-20(5,6)16(28)29/h8,10,12H,7,9H2,1-6H3,(H2,21,22)(H,23,26)(H,28,29)/b24-13-/t10-,12-/m0/s1. The Labute approximate surface area is 217 Å². The lowest BCUT2D eigenvalue weighted by Gasteiger charge is -2.43. The average molecular weight is 564 g/mol. The second-order valence-corrected chi connectivity index (χ2v) is 11.4. The molecular formula is C20H29N5O10S2. The van der Waals surface area contributed by atoms with Gasteiger partial charge in [-0.05, 0) is 41.5 Å². The molecule has 4 N–H and O–H groups in total. The molecule has 17 heteroatoms. The monoisotopic (exact) mass is 563 g/mol. The van der Waals surface area contributed by atoms with E-state index in [4.69, 9.17) is 19.5 Å². The number of aliphatic carboxylic acids is 1. The predicted molar refractivity (Wildman–Crippen MR) is 129 cm³/mol. The van der Waals surface area contributed by atoms with Crippen molar-refractivity contribution in [3.8, 4) is 0 Å². The number of oxime groups is 1. The molecule has 2 rings (SSSR count). The van der Waals surface area contributed by atoms with Crippen LogP contribution in [0.15, 0.2) is 10.5 Å². The zero-order valence-corrected chi connectivity index (χ0v) is 22.6. The second-order valence-electron chi connectivity index (χ2n) is 9.07. The Kier molecular flexibility index (Phi) is 8.87. The van der Waals surface area contributed by atoms with Gasteiger partial charge in [-0.3, -0.25) is 18.6 Å². The summed E-state index contributed by atoms with van der Waals surface area (Å²) in [5.41, 5.74) is 1.98. The fourth-order valence-electron chi connectivity index (χ4n) is 2.77. The summed E-state index contributed by atoms with van der Waals surface area (Å²) < 4.78 is 35.5. The van der Waals surface area contributed by atoms with E-state index in [1.54, 1.807) is 6.92 Å². The van der Waals surface area contributed by atoms with Crippen LogP contribution in [0.2, 0.25) is 0 Å². The van der Waals surface area contributed by atoms with Gasteiger partial charge in [0, 0.05) is 5.38 Å². The third-order valence-corrected chi connectivity index (χ3v) is 7.20. The number of hydrogen-bond donors (Lipinski definition) is 3. The topological polar surface area (TPSA) is 217 Å². The quantitative estimate of drug-likeness (QED) is 0.131. The molecule has 0 spiro atoms. The Bertz CT molecular complexity index is 1210. The van der Waals surface area contributed by atoms with Crippen LogP contribution in [0.4, 0.5) is 5.13 Å². The Morgan fingerprint density at radius 3 is 2.41 bits per heavy atom. The van der Waals surface area contributed by atoms with Crippen molar-refractivity contribution in [2.75, 3.05) is 18.9 Å². The van der Waals surface area contributed by atoms with E-state index in [9.17, 15) is 32.7 Å². The van der Waals surface area contributed by atoms with Crippen molar-refractivity contribution in [2.45, 2.75) is 59.2 Å². The summed E-state index contributed by atoms with van der Waals surface area (Å²) in [7, 11) is -4.60. The third kappa shape index (κ3) is 6.72. The highest BCUT2D eigenvalue weighted by atomic mass is 32.2. The van der Waals surface area contributed by atoms with Gasteiger partial charge in [-0.25, -0.2) is 14.1 Å². The minimum absolute atomic E-state index is 0.0466. The Morgan fingerprint density at radius 1 is 1.30 bits per heavy atom. The maximum atomic E-state index is 12.9. The van der Waals surface area contributed by atoms with Crippen molar-refractivity contribution >= 4 is 56.2 Å². The van der Waals surface area contributed by atoms with E-state index in [0.29, 0.717) is 4.31 Å². The number of amides is 2. The normalized spacial score (nSPS) is 18.7. The van der Waals surface area contributed by atoms with Gasteiger partial charge in [0.15, 0.2) is 10.8 Å². The van der Waals surface area contributed by atoms with Crippen molar-refractivity contribution in [3.05, 3.63) is 11.1 Å². The van der Waals surface area contributed by atoms with E-state index < -0.39 is 69.5 Å². The third-order valence-electron chi connectivity index (χ3n) is 5.12. The summed E-state index contributed by atoms with van der Waals surface area (Å²) >= 11 is 0.976. The number of aromatic nitrogens is 1. The van der Waals surface area contributed by atoms with Crippen molar-refractivity contribution in [1.82, 2.24) is 14.6 Å². The number of ether oxygens (including phenoxy) is 1. The molecule has 0 saturated carbocycles. The SMILES string of the molecule is CCOC(=O)C(C)(C)COS(=O)(=O)N1C(=O)[C@@H](NC(=O)/C(=N\OC(C)(C)C(=O)O)c2csc(N)n2)[C@@H]1C.